The molecule has 0 N–H and O–H groups in total. The molecule has 2 aromatic rings. The van der Waals surface area contributed by atoms with Crippen molar-refractivity contribution in [2.45, 2.75) is 19.3 Å². The van der Waals surface area contributed by atoms with E-state index in [1.807, 2.05) is 36.4 Å². The summed E-state index contributed by atoms with van der Waals surface area (Å²) in [5.41, 5.74) is 4.35. The molecule has 0 spiro atoms. The second-order valence-electron chi connectivity index (χ2n) is 7.13. The molecule has 0 radical (unpaired) electrons. The SMILES string of the molecule is CN1C(=CC=C2SC(=S)N(c3ccccc3)C2=O)C(C)(C)c2ccccc21. The van der Waals surface area contributed by atoms with Gasteiger partial charge in [-0.3, -0.25) is 9.69 Å². The zero-order valence-electron chi connectivity index (χ0n) is 15.5. The van der Waals surface area contributed by atoms with Crippen LogP contribution in [-0.4, -0.2) is 17.3 Å². The number of carbonyl (C=O) groups is 1. The van der Waals surface area contributed by atoms with E-state index < -0.39 is 0 Å². The summed E-state index contributed by atoms with van der Waals surface area (Å²) in [6.45, 7) is 4.42. The van der Waals surface area contributed by atoms with Gasteiger partial charge in [-0.2, -0.15) is 0 Å². The molecule has 0 bridgehead atoms. The van der Waals surface area contributed by atoms with Crippen molar-refractivity contribution in [3.05, 3.63) is 82.9 Å². The minimum atomic E-state index is -0.117. The molecule has 2 heterocycles. The topological polar surface area (TPSA) is 23.6 Å². The Morgan fingerprint density at radius 3 is 2.37 bits per heavy atom. The first-order valence-corrected chi connectivity index (χ1v) is 10.0. The quantitative estimate of drug-likeness (QED) is 0.515. The van der Waals surface area contributed by atoms with Gasteiger partial charge in [0, 0.05) is 23.8 Å². The molecule has 5 heteroatoms. The molecule has 0 saturated carbocycles. The van der Waals surface area contributed by atoms with Crippen LogP contribution in [0.1, 0.15) is 19.4 Å². The summed E-state index contributed by atoms with van der Waals surface area (Å²) in [7, 11) is 2.07. The number of para-hydroxylation sites is 2. The molecule has 27 heavy (non-hydrogen) atoms. The summed E-state index contributed by atoms with van der Waals surface area (Å²) in [5, 5.41) is 0. The van der Waals surface area contributed by atoms with Crippen LogP contribution in [0, 0.1) is 0 Å². The summed E-state index contributed by atoms with van der Waals surface area (Å²) in [4.78, 5) is 17.3. The number of nitrogens with zero attached hydrogens (tertiary/aromatic N) is 2. The van der Waals surface area contributed by atoms with Crippen molar-refractivity contribution in [2.24, 2.45) is 0 Å². The minimum Gasteiger partial charge on any atom is -0.347 e. The lowest BCUT2D eigenvalue weighted by Gasteiger charge is -2.23. The van der Waals surface area contributed by atoms with Gasteiger partial charge in [0.05, 0.1) is 10.6 Å². The Morgan fingerprint density at radius 2 is 1.67 bits per heavy atom. The molecule has 0 unspecified atom stereocenters. The van der Waals surface area contributed by atoms with Gasteiger partial charge in [-0.15, -0.1) is 0 Å². The standard InChI is InChI=1S/C22H20N2OS2/c1-22(2)16-11-7-8-12-17(16)23(3)19(22)14-13-18-20(25)24(21(26)27-18)15-9-5-4-6-10-15/h4-14H,1-3H3. The van der Waals surface area contributed by atoms with Crippen LogP contribution in [0.15, 0.2) is 77.4 Å². The predicted octanol–water partition coefficient (Wildman–Crippen LogP) is 5.25. The van der Waals surface area contributed by atoms with E-state index >= 15 is 0 Å². The highest BCUT2D eigenvalue weighted by atomic mass is 32.2. The number of hydrogen-bond acceptors (Lipinski definition) is 4. The van der Waals surface area contributed by atoms with Crippen LogP contribution >= 0.6 is 24.0 Å². The van der Waals surface area contributed by atoms with Crippen LogP contribution < -0.4 is 9.80 Å². The van der Waals surface area contributed by atoms with Gasteiger partial charge in [0.25, 0.3) is 5.91 Å². The van der Waals surface area contributed by atoms with Crippen molar-refractivity contribution >= 4 is 45.6 Å². The van der Waals surface area contributed by atoms with Crippen LogP contribution in [0.4, 0.5) is 11.4 Å². The summed E-state index contributed by atoms with van der Waals surface area (Å²) < 4.78 is 0.568. The molecule has 3 nitrogen and oxygen atoms in total. The van der Waals surface area contributed by atoms with E-state index in [-0.39, 0.29) is 11.3 Å². The monoisotopic (exact) mass is 392 g/mol. The molecule has 1 saturated heterocycles. The number of amides is 1. The fourth-order valence-electron chi connectivity index (χ4n) is 3.74. The molecule has 0 aliphatic carbocycles. The Balaban J connectivity index is 1.67. The van der Waals surface area contributed by atoms with Crippen LogP contribution in [0.3, 0.4) is 0 Å². The van der Waals surface area contributed by atoms with E-state index in [1.165, 1.54) is 23.0 Å². The molecule has 2 aliphatic heterocycles. The number of fused-ring (bicyclic) bond motifs is 1. The second-order valence-corrected chi connectivity index (χ2v) is 8.80. The molecule has 1 amide bonds. The maximum atomic E-state index is 12.9. The number of rotatable bonds is 2. The third kappa shape index (κ3) is 2.91. The Hall–Kier alpha value is -2.37. The molecule has 2 aliphatic rings. The first-order valence-electron chi connectivity index (χ1n) is 8.78. The summed E-state index contributed by atoms with van der Waals surface area (Å²) >= 11 is 6.80. The average Bonchev–Trinajstić information content (AvgIpc) is 3.05. The largest absolute Gasteiger partial charge is 0.347 e. The summed E-state index contributed by atoms with van der Waals surface area (Å²) in [6.07, 6.45) is 3.96. The molecule has 1 fully saturated rings. The van der Waals surface area contributed by atoms with Gasteiger partial charge >= 0.3 is 0 Å². The second kappa shape index (κ2) is 6.66. The first kappa shape index (κ1) is 18.0. The van der Waals surface area contributed by atoms with E-state index in [9.17, 15) is 4.79 Å². The van der Waals surface area contributed by atoms with Crippen molar-refractivity contribution in [1.82, 2.24) is 0 Å². The molecule has 4 rings (SSSR count). The highest BCUT2D eigenvalue weighted by molar-refractivity contribution is 8.27. The number of carbonyl (C=O) groups excluding carboxylic acids is 1. The van der Waals surface area contributed by atoms with Gasteiger partial charge in [0.2, 0.25) is 0 Å². The molecule has 2 aromatic carbocycles. The zero-order valence-corrected chi connectivity index (χ0v) is 17.1. The molecule has 136 valence electrons. The van der Waals surface area contributed by atoms with E-state index in [0.717, 1.165) is 11.4 Å². The van der Waals surface area contributed by atoms with Crippen molar-refractivity contribution < 1.29 is 4.79 Å². The third-order valence-corrected chi connectivity index (χ3v) is 6.46. The lowest BCUT2D eigenvalue weighted by atomic mass is 9.84. The molecular formula is C22H20N2OS2. The van der Waals surface area contributed by atoms with Crippen molar-refractivity contribution in [1.29, 1.82) is 0 Å². The first-order chi connectivity index (χ1) is 12.9. The van der Waals surface area contributed by atoms with Crippen molar-refractivity contribution in [3.63, 3.8) is 0 Å². The maximum Gasteiger partial charge on any atom is 0.270 e. The Bertz CT molecular complexity index is 992. The fourth-order valence-corrected chi connectivity index (χ4v) is 4.98. The number of hydrogen-bond donors (Lipinski definition) is 0. The average molecular weight is 393 g/mol. The van der Waals surface area contributed by atoms with Gasteiger partial charge in [0.15, 0.2) is 4.32 Å². The van der Waals surface area contributed by atoms with Gasteiger partial charge < -0.3 is 4.90 Å². The highest BCUT2D eigenvalue weighted by Crippen LogP contribution is 2.47. The molecule has 0 aromatic heterocycles. The Kier molecular flexibility index (Phi) is 4.44. The fraction of sp³-hybridized carbons (Fsp3) is 0.182. The molecular weight excluding hydrogens is 372 g/mol. The van der Waals surface area contributed by atoms with Crippen LogP contribution in [0.5, 0.6) is 0 Å². The lowest BCUT2D eigenvalue weighted by Crippen LogP contribution is -2.27. The van der Waals surface area contributed by atoms with Crippen molar-refractivity contribution in [3.8, 4) is 0 Å². The summed E-state index contributed by atoms with van der Waals surface area (Å²) in [5.74, 6) is -0.0657. The number of anilines is 2. The maximum absolute atomic E-state index is 12.9. The molecule has 0 atom stereocenters. The number of likely N-dealkylation sites (N-methyl/N-ethyl adjacent to an activating group) is 1. The van der Waals surface area contributed by atoms with Gasteiger partial charge in [-0.25, -0.2) is 0 Å². The Morgan fingerprint density at radius 1 is 1.00 bits per heavy atom. The highest BCUT2D eigenvalue weighted by Gasteiger charge is 2.38. The van der Waals surface area contributed by atoms with Gasteiger partial charge in [-0.05, 0) is 35.9 Å². The Labute approximate surface area is 169 Å². The van der Waals surface area contributed by atoms with E-state index in [1.54, 1.807) is 4.90 Å². The minimum absolute atomic E-state index is 0.0657. The predicted molar refractivity (Wildman–Crippen MR) is 118 cm³/mol. The van der Waals surface area contributed by atoms with Crippen LogP contribution in [0.25, 0.3) is 0 Å². The number of thiocarbonyl (C=S) groups is 1. The zero-order chi connectivity index (χ0) is 19.2. The van der Waals surface area contributed by atoms with E-state index in [2.05, 4.69) is 56.1 Å². The number of thioether (sulfide) groups is 1. The van der Waals surface area contributed by atoms with Crippen molar-refractivity contribution in [2.75, 3.05) is 16.8 Å². The normalized spacial score (nSPS) is 21.4. The third-order valence-electron chi connectivity index (χ3n) is 5.14. The summed E-state index contributed by atoms with van der Waals surface area (Å²) in [6, 6.07) is 18.0. The van der Waals surface area contributed by atoms with E-state index in [4.69, 9.17) is 12.2 Å². The van der Waals surface area contributed by atoms with E-state index in [0.29, 0.717) is 9.23 Å². The van der Waals surface area contributed by atoms with Crippen LogP contribution in [-0.2, 0) is 10.2 Å². The van der Waals surface area contributed by atoms with Gasteiger partial charge in [-0.1, -0.05) is 74.2 Å². The lowest BCUT2D eigenvalue weighted by molar-refractivity contribution is -0.113. The van der Waals surface area contributed by atoms with Gasteiger partial charge in [0.1, 0.15) is 0 Å². The smallest absolute Gasteiger partial charge is 0.270 e. The number of allylic oxidation sites excluding steroid dienone is 3. The van der Waals surface area contributed by atoms with Crippen LogP contribution in [0.2, 0.25) is 0 Å². The number of benzene rings is 2.